The first-order valence-electron chi connectivity index (χ1n) is 6.06. The lowest BCUT2D eigenvalue weighted by molar-refractivity contribution is 0.467. The lowest BCUT2D eigenvalue weighted by Gasteiger charge is -2.18. The van der Waals surface area contributed by atoms with Gasteiger partial charge in [0.25, 0.3) is 0 Å². The number of anilines is 1. The molecule has 0 saturated carbocycles. The van der Waals surface area contributed by atoms with E-state index in [2.05, 4.69) is 15.9 Å². The fraction of sp³-hybridized carbons (Fsp3) is 0.143. The molecule has 0 bridgehead atoms. The predicted octanol–water partition coefficient (Wildman–Crippen LogP) is 3.51. The Morgan fingerprint density at radius 2 is 1.81 bits per heavy atom. The minimum atomic E-state index is -3.66. The van der Waals surface area contributed by atoms with Crippen molar-refractivity contribution in [2.75, 3.05) is 12.8 Å². The molecule has 0 spiro atoms. The van der Waals surface area contributed by atoms with Gasteiger partial charge in [-0.3, -0.25) is 0 Å². The smallest absolute Gasteiger partial charge is 0.245 e. The summed E-state index contributed by atoms with van der Waals surface area (Å²) >= 11 is 9.14. The van der Waals surface area contributed by atoms with E-state index in [4.69, 9.17) is 17.3 Å². The molecule has 0 aliphatic rings. The van der Waals surface area contributed by atoms with Gasteiger partial charge in [-0.05, 0) is 35.9 Å². The molecule has 0 aliphatic carbocycles. The average molecular weight is 390 g/mol. The Kier molecular flexibility index (Phi) is 4.93. The van der Waals surface area contributed by atoms with Crippen LogP contribution >= 0.6 is 27.5 Å². The minimum absolute atomic E-state index is 0.0616. The number of hydrogen-bond acceptors (Lipinski definition) is 3. The Morgan fingerprint density at radius 1 is 1.19 bits per heavy atom. The topological polar surface area (TPSA) is 63.4 Å². The van der Waals surface area contributed by atoms with Crippen molar-refractivity contribution in [3.05, 3.63) is 57.5 Å². The number of nitrogen functional groups attached to an aromatic ring is 1. The van der Waals surface area contributed by atoms with Gasteiger partial charge in [-0.1, -0.05) is 39.7 Å². The van der Waals surface area contributed by atoms with Gasteiger partial charge in [-0.2, -0.15) is 4.31 Å². The Bertz CT molecular complexity index is 748. The second-order valence-corrected chi connectivity index (χ2v) is 7.94. The normalized spacial score (nSPS) is 11.8. The molecule has 0 aromatic heterocycles. The van der Waals surface area contributed by atoms with Crippen molar-refractivity contribution in [2.24, 2.45) is 0 Å². The molecular formula is C14H14BrClN2O2S. The van der Waals surface area contributed by atoms with Crippen LogP contribution < -0.4 is 5.73 Å². The lowest BCUT2D eigenvalue weighted by atomic mass is 10.2. The van der Waals surface area contributed by atoms with E-state index in [1.54, 1.807) is 0 Å². The third-order valence-corrected chi connectivity index (χ3v) is 5.62. The van der Waals surface area contributed by atoms with Crippen molar-refractivity contribution in [2.45, 2.75) is 11.4 Å². The molecule has 0 amide bonds. The first-order chi connectivity index (χ1) is 9.80. The Labute approximate surface area is 137 Å². The quantitative estimate of drug-likeness (QED) is 0.814. The van der Waals surface area contributed by atoms with Crippen LogP contribution in [0.3, 0.4) is 0 Å². The Hall–Kier alpha value is -1.08. The third kappa shape index (κ3) is 3.77. The van der Waals surface area contributed by atoms with Gasteiger partial charge in [-0.15, -0.1) is 0 Å². The maximum atomic E-state index is 12.5. The molecule has 0 heterocycles. The van der Waals surface area contributed by atoms with Crippen molar-refractivity contribution in [1.29, 1.82) is 0 Å². The first kappa shape index (κ1) is 16.3. The summed E-state index contributed by atoms with van der Waals surface area (Å²) in [6.45, 7) is 0.262. The molecule has 2 N–H and O–H groups in total. The summed E-state index contributed by atoms with van der Waals surface area (Å²) in [5.74, 6) is 0. The molecule has 21 heavy (non-hydrogen) atoms. The maximum Gasteiger partial charge on any atom is 0.245 e. The zero-order chi connectivity index (χ0) is 15.6. The monoisotopic (exact) mass is 388 g/mol. The highest BCUT2D eigenvalue weighted by Gasteiger charge is 2.23. The van der Waals surface area contributed by atoms with Crippen LogP contribution in [0, 0.1) is 0 Å². The zero-order valence-electron chi connectivity index (χ0n) is 11.3. The van der Waals surface area contributed by atoms with E-state index in [0.717, 1.165) is 10.0 Å². The second-order valence-electron chi connectivity index (χ2n) is 4.57. The lowest BCUT2D eigenvalue weighted by Crippen LogP contribution is -2.27. The van der Waals surface area contributed by atoms with E-state index in [1.807, 2.05) is 24.3 Å². The third-order valence-electron chi connectivity index (χ3n) is 2.98. The number of rotatable bonds is 4. The van der Waals surface area contributed by atoms with Gasteiger partial charge >= 0.3 is 0 Å². The summed E-state index contributed by atoms with van der Waals surface area (Å²) in [5, 5.41) is 0.405. The SMILES string of the molecule is CN(Cc1ccc(Br)cc1)S(=O)(=O)c1ccc(Cl)cc1N. The molecular weight excluding hydrogens is 376 g/mol. The van der Waals surface area contributed by atoms with Crippen LogP contribution in [0.1, 0.15) is 5.56 Å². The maximum absolute atomic E-state index is 12.5. The molecule has 0 saturated heterocycles. The van der Waals surface area contributed by atoms with Crippen LogP contribution in [0.4, 0.5) is 5.69 Å². The average Bonchev–Trinajstić information content (AvgIpc) is 2.40. The highest BCUT2D eigenvalue weighted by atomic mass is 79.9. The van der Waals surface area contributed by atoms with Crippen molar-refractivity contribution in [1.82, 2.24) is 4.31 Å². The van der Waals surface area contributed by atoms with E-state index >= 15 is 0 Å². The number of nitrogens with zero attached hydrogens (tertiary/aromatic N) is 1. The molecule has 0 atom stereocenters. The van der Waals surface area contributed by atoms with E-state index in [1.165, 1.54) is 29.6 Å². The fourth-order valence-corrected chi connectivity index (χ4v) is 3.55. The molecule has 4 nitrogen and oxygen atoms in total. The summed E-state index contributed by atoms with van der Waals surface area (Å²) in [7, 11) is -2.14. The number of nitrogens with two attached hydrogens (primary N) is 1. The molecule has 0 fully saturated rings. The predicted molar refractivity (Wildman–Crippen MR) is 88.7 cm³/mol. The van der Waals surface area contributed by atoms with Gasteiger partial charge in [0.15, 0.2) is 0 Å². The standard InChI is InChI=1S/C14H14BrClN2O2S/c1-18(9-10-2-4-11(15)5-3-10)21(19,20)14-7-6-12(16)8-13(14)17/h2-8H,9,17H2,1H3. The van der Waals surface area contributed by atoms with Gasteiger partial charge in [0.1, 0.15) is 4.90 Å². The van der Waals surface area contributed by atoms with Crippen LogP contribution in [0.5, 0.6) is 0 Å². The molecule has 2 rings (SSSR count). The van der Waals surface area contributed by atoms with Crippen molar-refractivity contribution >= 4 is 43.2 Å². The van der Waals surface area contributed by atoms with Crippen molar-refractivity contribution < 1.29 is 8.42 Å². The number of halogens is 2. The summed E-state index contributed by atoms with van der Waals surface area (Å²) in [6, 6.07) is 11.8. The van der Waals surface area contributed by atoms with Crippen LogP contribution in [0.15, 0.2) is 51.8 Å². The molecule has 112 valence electrons. The van der Waals surface area contributed by atoms with Gasteiger partial charge in [0.2, 0.25) is 10.0 Å². The summed E-state index contributed by atoms with van der Waals surface area (Å²) in [6.07, 6.45) is 0. The summed E-state index contributed by atoms with van der Waals surface area (Å²) < 4.78 is 27.3. The minimum Gasteiger partial charge on any atom is -0.398 e. The van der Waals surface area contributed by atoms with Crippen LogP contribution in [0.2, 0.25) is 5.02 Å². The Morgan fingerprint density at radius 3 is 2.38 bits per heavy atom. The molecule has 0 aliphatic heterocycles. The van der Waals surface area contributed by atoms with E-state index in [9.17, 15) is 8.42 Å². The van der Waals surface area contributed by atoms with Crippen LogP contribution in [0.25, 0.3) is 0 Å². The van der Waals surface area contributed by atoms with E-state index < -0.39 is 10.0 Å². The number of sulfonamides is 1. The molecule has 2 aromatic rings. The largest absolute Gasteiger partial charge is 0.398 e. The number of benzene rings is 2. The highest BCUT2D eigenvalue weighted by molar-refractivity contribution is 9.10. The van der Waals surface area contributed by atoms with Crippen LogP contribution in [-0.4, -0.2) is 19.8 Å². The zero-order valence-corrected chi connectivity index (χ0v) is 14.4. The highest BCUT2D eigenvalue weighted by Crippen LogP contribution is 2.25. The van der Waals surface area contributed by atoms with Gasteiger partial charge in [0, 0.05) is 23.1 Å². The Balaban J connectivity index is 2.28. The number of hydrogen-bond donors (Lipinski definition) is 1. The van der Waals surface area contributed by atoms with Crippen molar-refractivity contribution in [3.63, 3.8) is 0 Å². The second kappa shape index (κ2) is 6.36. The summed E-state index contributed by atoms with van der Waals surface area (Å²) in [4.78, 5) is 0.0616. The molecule has 0 unspecified atom stereocenters. The van der Waals surface area contributed by atoms with Crippen LogP contribution in [-0.2, 0) is 16.6 Å². The molecule has 2 aromatic carbocycles. The van der Waals surface area contributed by atoms with Gasteiger partial charge in [0.05, 0.1) is 5.69 Å². The van der Waals surface area contributed by atoms with Crippen molar-refractivity contribution in [3.8, 4) is 0 Å². The first-order valence-corrected chi connectivity index (χ1v) is 8.67. The molecule has 0 radical (unpaired) electrons. The molecule has 7 heteroatoms. The summed E-state index contributed by atoms with van der Waals surface area (Å²) in [5.41, 5.74) is 6.79. The van der Waals surface area contributed by atoms with Gasteiger partial charge in [-0.25, -0.2) is 8.42 Å². The van der Waals surface area contributed by atoms with E-state index in [-0.39, 0.29) is 17.1 Å². The van der Waals surface area contributed by atoms with E-state index in [0.29, 0.717) is 5.02 Å². The fourth-order valence-electron chi connectivity index (χ4n) is 1.85. The van der Waals surface area contributed by atoms with Gasteiger partial charge < -0.3 is 5.73 Å².